The zero-order valence-corrected chi connectivity index (χ0v) is 7.76. The number of benzene rings is 1. The smallest absolute Gasteiger partial charge is 0.122 e. The van der Waals surface area contributed by atoms with Crippen LogP contribution in [0.2, 0.25) is 0 Å². The maximum Gasteiger partial charge on any atom is 0.122 e. The molecule has 0 N–H and O–H groups in total. The Kier molecular flexibility index (Phi) is 3.65. The van der Waals surface area contributed by atoms with Crippen LogP contribution in [0.15, 0.2) is 18.2 Å². The van der Waals surface area contributed by atoms with Crippen LogP contribution < -0.4 is 4.74 Å². The third kappa shape index (κ3) is 2.26. The van der Waals surface area contributed by atoms with Crippen LogP contribution >= 0.6 is 0 Å². The molecular weight excluding hydrogens is 148 g/mol. The lowest BCUT2D eigenvalue weighted by atomic mass is 10.1. The molecule has 12 heavy (non-hydrogen) atoms. The number of aryl methyl sites for hydroxylation is 1. The molecule has 0 saturated heterocycles. The van der Waals surface area contributed by atoms with Gasteiger partial charge in [0.2, 0.25) is 0 Å². The van der Waals surface area contributed by atoms with E-state index in [-0.39, 0.29) is 0 Å². The first-order valence-corrected chi connectivity index (χ1v) is 4.41. The number of methoxy groups -OCH3 is 1. The molecule has 65 valence electrons. The molecule has 0 aliphatic rings. The summed E-state index contributed by atoms with van der Waals surface area (Å²) in [6.45, 7) is 2.20. The fourth-order valence-corrected chi connectivity index (χ4v) is 1.21. The molecule has 1 aromatic carbocycles. The lowest BCUT2D eigenvalue weighted by molar-refractivity contribution is 0.409. The van der Waals surface area contributed by atoms with Crippen molar-refractivity contribution in [3.05, 3.63) is 29.8 Å². The number of hydrogen-bond acceptors (Lipinski definition) is 1. The van der Waals surface area contributed by atoms with Crippen molar-refractivity contribution in [1.82, 2.24) is 0 Å². The van der Waals surface area contributed by atoms with Gasteiger partial charge in [-0.15, -0.1) is 0 Å². The first-order valence-electron chi connectivity index (χ1n) is 4.41. The Morgan fingerprint density at radius 1 is 1.50 bits per heavy atom. The molecule has 0 aromatic heterocycles. The summed E-state index contributed by atoms with van der Waals surface area (Å²) in [7, 11) is 1.71. The summed E-state index contributed by atoms with van der Waals surface area (Å²) >= 11 is 0. The SMILES string of the molecule is CCCCc1cc[c]cc1OC. The Hall–Kier alpha value is -0.980. The summed E-state index contributed by atoms with van der Waals surface area (Å²) in [4.78, 5) is 0. The van der Waals surface area contributed by atoms with Crippen LogP contribution in [0.5, 0.6) is 5.75 Å². The van der Waals surface area contributed by atoms with E-state index in [1.807, 2.05) is 12.1 Å². The van der Waals surface area contributed by atoms with Gasteiger partial charge in [0.15, 0.2) is 0 Å². The number of rotatable bonds is 4. The molecule has 0 saturated carbocycles. The summed E-state index contributed by atoms with van der Waals surface area (Å²) in [6, 6.07) is 8.91. The molecular formula is C11H15O. The monoisotopic (exact) mass is 163 g/mol. The van der Waals surface area contributed by atoms with Crippen molar-refractivity contribution in [2.45, 2.75) is 26.2 Å². The van der Waals surface area contributed by atoms with Crippen LogP contribution in [0.3, 0.4) is 0 Å². The van der Waals surface area contributed by atoms with Crippen molar-refractivity contribution in [2.24, 2.45) is 0 Å². The van der Waals surface area contributed by atoms with Gasteiger partial charge in [-0.3, -0.25) is 0 Å². The Balaban J connectivity index is 2.68. The van der Waals surface area contributed by atoms with E-state index >= 15 is 0 Å². The van der Waals surface area contributed by atoms with Crippen molar-refractivity contribution in [3.8, 4) is 5.75 Å². The fourth-order valence-electron chi connectivity index (χ4n) is 1.21. The Bertz CT molecular complexity index is 230. The number of unbranched alkanes of at least 4 members (excludes halogenated alkanes) is 1. The lowest BCUT2D eigenvalue weighted by Gasteiger charge is -2.06. The van der Waals surface area contributed by atoms with Crippen LogP contribution in [-0.2, 0) is 6.42 Å². The highest BCUT2D eigenvalue weighted by molar-refractivity contribution is 5.32. The molecule has 0 atom stereocenters. The minimum absolute atomic E-state index is 0.964. The van der Waals surface area contributed by atoms with E-state index in [9.17, 15) is 0 Å². The maximum atomic E-state index is 5.21. The van der Waals surface area contributed by atoms with E-state index in [2.05, 4.69) is 19.1 Å². The summed E-state index contributed by atoms with van der Waals surface area (Å²) in [6.07, 6.45) is 3.55. The van der Waals surface area contributed by atoms with E-state index in [4.69, 9.17) is 4.74 Å². The zero-order valence-electron chi connectivity index (χ0n) is 7.76. The molecule has 0 unspecified atom stereocenters. The number of hydrogen-bond donors (Lipinski definition) is 0. The Labute approximate surface area is 74.4 Å². The van der Waals surface area contributed by atoms with Gasteiger partial charge < -0.3 is 4.74 Å². The third-order valence-corrected chi connectivity index (χ3v) is 1.93. The first-order chi connectivity index (χ1) is 5.88. The first kappa shape index (κ1) is 9.11. The zero-order chi connectivity index (χ0) is 8.81. The van der Waals surface area contributed by atoms with Crippen molar-refractivity contribution in [2.75, 3.05) is 7.11 Å². The van der Waals surface area contributed by atoms with Crippen LogP contribution in [0.1, 0.15) is 25.3 Å². The van der Waals surface area contributed by atoms with Gasteiger partial charge in [0.25, 0.3) is 0 Å². The average molecular weight is 163 g/mol. The highest BCUT2D eigenvalue weighted by atomic mass is 16.5. The molecule has 1 rings (SSSR count). The molecule has 0 spiro atoms. The van der Waals surface area contributed by atoms with Gasteiger partial charge in [-0.2, -0.15) is 0 Å². The third-order valence-electron chi connectivity index (χ3n) is 1.93. The van der Waals surface area contributed by atoms with Crippen LogP contribution in [-0.4, -0.2) is 7.11 Å². The van der Waals surface area contributed by atoms with E-state index in [1.165, 1.54) is 18.4 Å². The normalized spacial score (nSPS) is 9.83. The van der Waals surface area contributed by atoms with Crippen LogP contribution in [0.4, 0.5) is 0 Å². The molecule has 0 bridgehead atoms. The summed E-state index contributed by atoms with van der Waals surface area (Å²) in [5.74, 6) is 0.964. The predicted octanol–water partition coefficient (Wildman–Crippen LogP) is 2.84. The van der Waals surface area contributed by atoms with Gasteiger partial charge in [-0.05, 0) is 30.5 Å². The van der Waals surface area contributed by atoms with Gasteiger partial charge >= 0.3 is 0 Å². The van der Waals surface area contributed by atoms with E-state index in [0.717, 1.165) is 12.2 Å². The molecule has 1 radical (unpaired) electrons. The summed E-state index contributed by atoms with van der Waals surface area (Å²) < 4.78 is 5.21. The van der Waals surface area contributed by atoms with Gasteiger partial charge in [0.1, 0.15) is 5.75 Å². The van der Waals surface area contributed by atoms with Crippen LogP contribution in [0.25, 0.3) is 0 Å². The Morgan fingerprint density at radius 2 is 2.33 bits per heavy atom. The van der Waals surface area contributed by atoms with E-state index < -0.39 is 0 Å². The second-order valence-corrected chi connectivity index (χ2v) is 2.84. The highest BCUT2D eigenvalue weighted by Gasteiger charge is 1.99. The lowest BCUT2D eigenvalue weighted by Crippen LogP contribution is -1.91. The van der Waals surface area contributed by atoms with Gasteiger partial charge in [-0.1, -0.05) is 25.5 Å². The summed E-state index contributed by atoms with van der Waals surface area (Å²) in [5, 5.41) is 0. The van der Waals surface area contributed by atoms with Crippen molar-refractivity contribution in [3.63, 3.8) is 0 Å². The number of ether oxygens (including phenoxy) is 1. The van der Waals surface area contributed by atoms with Crippen molar-refractivity contribution in [1.29, 1.82) is 0 Å². The minimum atomic E-state index is 0.964. The second-order valence-electron chi connectivity index (χ2n) is 2.84. The van der Waals surface area contributed by atoms with Crippen molar-refractivity contribution < 1.29 is 4.74 Å². The average Bonchev–Trinajstić information content (AvgIpc) is 2.15. The quantitative estimate of drug-likeness (QED) is 0.663. The van der Waals surface area contributed by atoms with E-state index in [1.54, 1.807) is 7.11 Å². The molecule has 1 aromatic rings. The molecule has 0 fully saturated rings. The maximum absolute atomic E-state index is 5.21. The largest absolute Gasteiger partial charge is 0.496 e. The molecule has 0 aliphatic heterocycles. The van der Waals surface area contributed by atoms with Gasteiger partial charge in [-0.25, -0.2) is 0 Å². The van der Waals surface area contributed by atoms with Crippen molar-refractivity contribution >= 4 is 0 Å². The molecule has 0 amide bonds. The molecule has 0 heterocycles. The van der Waals surface area contributed by atoms with Crippen LogP contribution in [0, 0.1) is 6.07 Å². The van der Waals surface area contributed by atoms with E-state index in [0.29, 0.717) is 0 Å². The standard InChI is InChI=1S/C11H15O/c1-3-4-7-10-8-5-6-9-11(10)12-2/h5,8-9H,3-4,7H2,1-2H3. The molecule has 1 nitrogen and oxygen atoms in total. The van der Waals surface area contributed by atoms with Gasteiger partial charge in [0, 0.05) is 0 Å². The predicted molar refractivity (Wildman–Crippen MR) is 50.4 cm³/mol. The second kappa shape index (κ2) is 4.81. The fraction of sp³-hybridized carbons (Fsp3) is 0.455. The molecule has 0 aliphatic carbocycles. The molecule has 1 heteroatoms. The Morgan fingerprint density at radius 3 is 3.00 bits per heavy atom. The van der Waals surface area contributed by atoms with Gasteiger partial charge in [0.05, 0.1) is 7.11 Å². The minimum Gasteiger partial charge on any atom is -0.496 e. The summed E-state index contributed by atoms with van der Waals surface area (Å²) in [5.41, 5.74) is 1.29. The topological polar surface area (TPSA) is 9.23 Å². The highest BCUT2D eigenvalue weighted by Crippen LogP contribution is 2.18.